The molecule has 2 aromatic rings. The van der Waals surface area contributed by atoms with E-state index in [1.807, 2.05) is 6.33 Å². The van der Waals surface area contributed by atoms with E-state index in [1.165, 1.54) is 38.1 Å². The molecule has 2 heterocycles. The lowest BCUT2D eigenvalue weighted by molar-refractivity contribution is 0.205. The maximum Gasteiger partial charge on any atom is 0.123 e. The van der Waals surface area contributed by atoms with Crippen LogP contribution < -0.4 is 0 Å². The van der Waals surface area contributed by atoms with Crippen LogP contribution in [0.1, 0.15) is 12.8 Å². The summed E-state index contributed by atoms with van der Waals surface area (Å²) in [5.41, 5.74) is 1.88. The number of likely N-dealkylation sites (tertiary alicyclic amines) is 1. The van der Waals surface area contributed by atoms with Crippen LogP contribution in [0.15, 0.2) is 36.8 Å². The van der Waals surface area contributed by atoms with Gasteiger partial charge in [-0.2, -0.15) is 0 Å². The fraction of sp³-hybridized carbons (Fsp3) is 0.438. The van der Waals surface area contributed by atoms with Crippen molar-refractivity contribution in [2.75, 3.05) is 20.1 Å². The van der Waals surface area contributed by atoms with Crippen LogP contribution in [0.3, 0.4) is 0 Å². The lowest BCUT2D eigenvalue weighted by Gasteiger charge is -2.28. The molecule has 1 aliphatic heterocycles. The van der Waals surface area contributed by atoms with Gasteiger partial charge in [-0.3, -0.25) is 0 Å². The molecule has 4 heteroatoms. The maximum atomic E-state index is 12.9. The molecule has 1 aromatic heterocycles. The first-order chi connectivity index (χ1) is 9.70. The molecule has 0 amide bonds. The lowest BCUT2D eigenvalue weighted by Crippen LogP contribution is -2.31. The van der Waals surface area contributed by atoms with Crippen molar-refractivity contribution in [3.05, 3.63) is 42.6 Å². The van der Waals surface area contributed by atoms with Crippen LogP contribution >= 0.6 is 0 Å². The summed E-state index contributed by atoms with van der Waals surface area (Å²) in [6, 6.07) is 6.51. The number of rotatable bonds is 3. The van der Waals surface area contributed by atoms with Crippen LogP contribution in [0.25, 0.3) is 11.3 Å². The largest absolute Gasteiger partial charge is 0.337 e. The number of hydrogen-bond acceptors (Lipinski definition) is 2. The van der Waals surface area contributed by atoms with Crippen LogP contribution in [0.2, 0.25) is 0 Å². The van der Waals surface area contributed by atoms with Crippen LogP contribution in [0.4, 0.5) is 4.39 Å². The minimum absolute atomic E-state index is 0.209. The van der Waals surface area contributed by atoms with Crippen molar-refractivity contribution in [3.8, 4) is 11.3 Å². The fourth-order valence-electron chi connectivity index (χ4n) is 2.77. The Labute approximate surface area is 119 Å². The second-order valence-corrected chi connectivity index (χ2v) is 5.71. The molecule has 0 bridgehead atoms. The van der Waals surface area contributed by atoms with Gasteiger partial charge < -0.3 is 9.47 Å². The Morgan fingerprint density at radius 2 is 1.90 bits per heavy atom. The molecule has 3 rings (SSSR count). The van der Waals surface area contributed by atoms with Crippen molar-refractivity contribution < 1.29 is 4.39 Å². The molecule has 0 atom stereocenters. The van der Waals surface area contributed by atoms with Crippen LogP contribution in [0.5, 0.6) is 0 Å². The first-order valence-electron chi connectivity index (χ1n) is 7.17. The summed E-state index contributed by atoms with van der Waals surface area (Å²) in [6.45, 7) is 3.40. The molecule has 0 spiro atoms. The zero-order chi connectivity index (χ0) is 13.9. The Balaban J connectivity index is 1.66. The number of benzene rings is 1. The normalized spacial score (nSPS) is 17.5. The zero-order valence-corrected chi connectivity index (χ0v) is 11.8. The highest BCUT2D eigenvalue weighted by atomic mass is 19.1. The van der Waals surface area contributed by atoms with Gasteiger partial charge in [-0.15, -0.1) is 0 Å². The summed E-state index contributed by atoms with van der Waals surface area (Å²) in [6.07, 6.45) is 6.45. The molecule has 1 aliphatic rings. The van der Waals surface area contributed by atoms with Crippen molar-refractivity contribution in [3.63, 3.8) is 0 Å². The van der Waals surface area contributed by atoms with Crippen molar-refractivity contribution >= 4 is 0 Å². The minimum Gasteiger partial charge on any atom is -0.337 e. The first-order valence-corrected chi connectivity index (χ1v) is 7.17. The fourth-order valence-corrected chi connectivity index (χ4v) is 2.77. The molecule has 0 saturated carbocycles. The number of halogens is 1. The van der Waals surface area contributed by atoms with Crippen LogP contribution in [-0.2, 0) is 6.54 Å². The minimum atomic E-state index is -0.209. The number of aromatic nitrogens is 2. The Morgan fingerprint density at radius 3 is 2.60 bits per heavy atom. The predicted octanol–water partition coefficient (Wildman–Crippen LogP) is 3.03. The second kappa shape index (κ2) is 5.75. The summed E-state index contributed by atoms with van der Waals surface area (Å²) in [7, 11) is 2.18. The molecule has 1 saturated heterocycles. The highest BCUT2D eigenvalue weighted by Crippen LogP contribution is 2.21. The van der Waals surface area contributed by atoms with E-state index in [2.05, 4.69) is 27.7 Å². The van der Waals surface area contributed by atoms with E-state index in [-0.39, 0.29) is 5.82 Å². The summed E-state index contributed by atoms with van der Waals surface area (Å²) in [5.74, 6) is 0.529. The van der Waals surface area contributed by atoms with Gasteiger partial charge in [-0.25, -0.2) is 9.37 Å². The third kappa shape index (κ3) is 3.07. The monoisotopic (exact) mass is 273 g/mol. The Bertz CT molecular complexity index is 553. The lowest BCUT2D eigenvalue weighted by atomic mass is 9.97. The van der Waals surface area contributed by atoms with E-state index in [4.69, 9.17) is 0 Å². The van der Waals surface area contributed by atoms with Crippen molar-refractivity contribution in [2.45, 2.75) is 19.4 Å². The van der Waals surface area contributed by atoms with Gasteiger partial charge in [0.25, 0.3) is 0 Å². The second-order valence-electron chi connectivity index (χ2n) is 5.71. The van der Waals surface area contributed by atoms with Gasteiger partial charge in [-0.1, -0.05) is 0 Å². The molecule has 0 radical (unpaired) electrons. The van der Waals surface area contributed by atoms with Crippen molar-refractivity contribution in [2.24, 2.45) is 5.92 Å². The molecular weight excluding hydrogens is 253 g/mol. The van der Waals surface area contributed by atoms with Gasteiger partial charge in [0.2, 0.25) is 0 Å². The molecule has 1 fully saturated rings. The van der Waals surface area contributed by atoms with E-state index in [0.717, 1.165) is 23.7 Å². The Morgan fingerprint density at radius 1 is 1.20 bits per heavy atom. The summed E-state index contributed by atoms with van der Waals surface area (Å²) < 4.78 is 15.1. The zero-order valence-electron chi connectivity index (χ0n) is 11.8. The maximum absolute atomic E-state index is 12.9. The average Bonchev–Trinajstić information content (AvgIpc) is 2.91. The molecule has 3 nitrogen and oxygen atoms in total. The van der Waals surface area contributed by atoms with Crippen molar-refractivity contribution in [1.82, 2.24) is 14.5 Å². The summed E-state index contributed by atoms with van der Waals surface area (Å²) in [4.78, 5) is 6.81. The average molecular weight is 273 g/mol. The molecule has 106 valence electrons. The highest BCUT2D eigenvalue weighted by Gasteiger charge is 2.17. The van der Waals surface area contributed by atoms with E-state index < -0.39 is 0 Å². The molecular formula is C16H20FN3. The SMILES string of the molecule is CN1CCC(Cn2cnc(-c3ccc(F)cc3)c2)CC1. The van der Waals surface area contributed by atoms with Gasteiger partial charge in [0.15, 0.2) is 0 Å². The van der Waals surface area contributed by atoms with E-state index >= 15 is 0 Å². The van der Waals surface area contributed by atoms with E-state index in [1.54, 1.807) is 12.1 Å². The number of piperidine rings is 1. The summed E-state index contributed by atoms with van der Waals surface area (Å²) in [5, 5.41) is 0. The van der Waals surface area contributed by atoms with Gasteiger partial charge in [0.1, 0.15) is 5.82 Å². The topological polar surface area (TPSA) is 21.1 Å². The molecule has 0 N–H and O–H groups in total. The standard InChI is InChI=1S/C16H20FN3/c1-19-8-6-13(7-9-19)10-20-11-16(18-12-20)14-2-4-15(17)5-3-14/h2-5,11-13H,6-10H2,1H3. The van der Waals surface area contributed by atoms with E-state index in [9.17, 15) is 4.39 Å². The van der Waals surface area contributed by atoms with Gasteiger partial charge in [-0.05, 0) is 63.2 Å². The number of nitrogens with zero attached hydrogens (tertiary/aromatic N) is 3. The predicted molar refractivity (Wildman–Crippen MR) is 77.8 cm³/mol. The molecule has 0 unspecified atom stereocenters. The molecule has 1 aromatic carbocycles. The Kier molecular flexibility index (Phi) is 3.83. The highest BCUT2D eigenvalue weighted by molar-refractivity contribution is 5.57. The number of imidazole rings is 1. The van der Waals surface area contributed by atoms with Gasteiger partial charge in [0.05, 0.1) is 12.0 Å². The van der Waals surface area contributed by atoms with Crippen molar-refractivity contribution in [1.29, 1.82) is 0 Å². The van der Waals surface area contributed by atoms with E-state index in [0.29, 0.717) is 0 Å². The third-order valence-corrected chi connectivity index (χ3v) is 4.08. The van der Waals surface area contributed by atoms with Crippen LogP contribution in [-0.4, -0.2) is 34.6 Å². The smallest absolute Gasteiger partial charge is 0.123 e. The Hall–Kier alpha value is -1.68. The number of hydrogen-bond donors (Lipinski definition) is 0. The van der Waals surface area contributed by atoms with Gasteiger partial charge in [0, 0.05) is 18.3 Å². The molecule has 0 aliphatic carbocycles. The van der Waals surface area contributed by atoms with Crippen LogP contribution in [0, 0.1) is 11.7 Å². The quantitative estimate of drug-likeness (QED) is 0.857. The molecule has 20 heavy (non-hydrogen) atoms. The first kappa shape index (κ1) is 13.3. The van der Waals surface area contributed by atoms with Gasteiger partial charge >= 0.3 is 0 Å². The summed E-state index contributed by atoms with van der Waals surface area (Å²) >= 11 is 0. The third-order valence-electron chi connectivity index (χ3n) is 4.08.